The van der Waals surface area contributed by atoms with Crippen LogP contribution in [0.5, 0.6) is 0 Å². The minimum absolute atomic E-state index is 0.288. The molecule has 3 aromatic rings. The van der Waals surface area contributed by atoms with Crippen molar-refractivity contribution in [2.75, 3.05) is 13.2 Å². The third-order valence-electron chi connectivity index (χ3n) is 4.11. The summed E-state index contributed by atoms with van der Waals surface area (Å²) in [7, 11) is 0. The van der Waals surface area contributed by atoms with Crippen LogP contribution in [0.1, 0.15) is 17.0 Å². The lowest BCUT2D eigenvalue weighted by Crippen LogP contribution is -2.34. The van der Waals surface area contributed by atoms with Crippen LogP contribution in [0, 0.1) is 0 Å². The Kier molecular flexibility index (Phi) is 7.47. The monoisotopic (exact) mass is 363 g/mol. The minimum atomic E-state index is -0.582. The average molecular weight is 363 g/mol. The molecule has 0 fully saturated rings. The molecule has 5 heteroatoms. The number of hydrogen-bond acceptors (Lipinski definition) is 5. The molecule has 5 nitrogen and oxygen atoms in total. The van der Waals surface area contributed by atoms with Gasteiger partial charge in [-0.2, -0.15) is 0 Å². The van der Waals surface area contributed by atoms with Crippen LogP contribution in [0.4, 0.5) is 0 Å². The van der Waals surface area contributed by atoms with Crippen molar-refractivity contribution in [2.24, 2.45) is 0 Å². The summed E-state index contributed by atoms with van der Waals surface area (Å²) in [6, 6.07) is 21.7. The maximum atomic E-state index is 10.4. The number of aliphatic hydroxyl groups excluding tert-OH is 1. The quantitative estimate of drug-likeness (QED) is 0.600. The van der Waals surface area contributed by atoms with Crippen LogP contribution in [0.15, 0.2) is 79.1 Å². The molecular formula is C22H25N3O2. The van der Waals surface area contributed by atoms with Crippen molar-refractivity contribution >= 4 is 0 Å². The maximum absolute atomic E-state index is 10.4. The Morgan fingerprint density at radius 1 is 0.815 bits per heavy atom. The molecule has 140 valence electrons. The number of aromatic nitrogens is 2. The van der Waals surface area contributed by atoms with Gasteiger partial charge < -0.3 is 9.84 Å². The van der Waals surface area contributed by atoms with Crippen molar-refractivity contribution in [1.29, 1.82) is 0 Å². The average Bonchev–Trinajstić information content (AvgIpc) is 2.70. The first kappa shape index (κ1) is 19.2. The van der Waals surface area contributed by atoms with E-state index >= 15 is 0 Å². The van der Waals surface area contributed by atoms with Gasteiger partial charge in [-0.1, -0.05) is 42.5 Å². The molecule has 1 aromatic carbocycles. The maximum Gasteiger partial charge on any atom is 0.0900 e. The molecule has 0 radical (unpaired) electrons. The summed E-state index contributed by atoms with van der Waals surface area (Å²) < 4.78 is 5.67. The van der Waals surface area contributed by atoms with Gasteiger partial charge in [-0.05, 0) is 29.8 Å². The zero-order valence-corrected chi connectivity index (χ0v) is 15.3. The Morgan fingerprint density at radius 3 is 1.96 bits per heavy atom. The van der Waals surface area contributed by atoms with Crippen molar-refractivity contribution in [3.63, 3.8) is 0 Å². The minimum Gasteiger partial charge on any atom is -0.389 e. The molecule has 1 N–H and O–H groups in total. The van der Waals surface area contributed by atoms with Crippen LogP contribution in [0.2, 0.25) is 0 Å². The summed E-state index contributed by atoms with van der Waals surface area (Å²) >= 11 is 0. The summed E-state index contributed by atoms with van der Waals surface area (Å²) in [5, 5.41) is 10.4. The van der Waals surface area contributed by atoms with E-state index in [0.717, 1.165) is 17.0 Å². The molecule has 0 saturated heterocycles. The van der Waals surface area contributed by atoms with E-state index in [9.17, 15) is 5.11 Å². The van der Waals surface area contributed by atoms with Crippen LogP contribution in [0.25, 0.3) is 0 Å². The van der Waals surface area contributed by atoms with Crippen molar-refractivity contribution in [3.05, 3.63) is 96.1 Å². The van der Waals surface area contributed by atoms with Crippen LogP contribution >= 0.6 is 0 Å². The molecule has 0 aliphatic carbocycles. The van der Waals surface area contributed by atoms with Gasteiger partial charge in [0.05, 0.1) is 30.7 Å². The lowest BCUT2D eigenvalue weighted by atomic mass is 10.2. The third-order valence-corrected chi connectivity index (χ3v) is 4.11. The molecule has 3 rings (SSSR count). The van der Waals surface area contributed by atoms with Crippen LogP contribution in [-0.4, -0.2) is 39.2 Å². The van der Waals surface area contributed by atoms with E-state index in [-0.39, 0.29) is 6.61 Å². The molecule has 0 aliphatic rings. The Morgan fingerprint density at radius 2 is 1.41 bits per heavy atom. The van der Waals surface area contributed by atoms with Crippen molar-refractivity contribution in [2.45, 2.75) is 25.8 Å². The molecular weight excluding hydrogens is 338 g/mol. The zero-order chi connectivity index (χ0) is 18.7. The first-order chi connectivity index (χ1) is 13.3. The summed E-state index contributed by atoms with van der Waals surface area (Å²) in [5.74, 6) is 0. The van der Waals surface area contributed by atoms with Crippen molar-refractivity contribution < 1.29 is 9.84 Å². The van der Waals surface area contributed by atoms with Gasteiger partial charge in [0.2, 0.25) is 0 Å². The lowest BCUT2D eigenvalue weighted by Gasteiger charge is -2.24. The number of aliphatic hydroxyl groups is 1. The van der Waals surface area contributed by atoms with E-state index in [2.05, 4.69) is 14.9 Å². The zero-order valence-electron chi connectivity index (χ0n) is 15.3. The summed E-state index contributed by atoms with van der Waals surface area (Å²) in [5.41, 5.74) is 3.03. The molecule has 0 spiro atoms. The van der Waals surface area contributed by atoms with Gasteiger partial charge in [-0.3, -0.25) is 14.9 Å². The number of ether oxygens (including phenoxy) is 1. The van der Waals surface area contributed by atoms with Gasteiger partial charge in [0.1, 0.15) is 0 Å². The SMILES string of the molecule is OC(COCc1ccccc1)CN(Cc1ccccn1)Cc1ccccn1. The number of rotatable bonds is 10. The van der Waals surface area contributed by atoms with Gasteiger partial charge in [0.25, 0.3) is 0 Å². The number of nitrogens with zero attached hydrogens (tertiary/aromatic N) is 3. The molecule has 0 amide bonds. The molecule has 0 bridgehead atoms. The van der Waals surface area contributed by atoms with E-state index < -0.39 is 6.10 Å². The van der Waals surface area contributed by atoms with Gasteiger partial charge in [-0.25, -0.2) is 0 Å². The fourth-order valence-corrected chi connectivity index (χ4v) is 2.86. The van der Waals surface area contributed by atoms with Crippen molar-refractivity contribution in [1.82, 2.24) is 14.9 Å². The predicted molar refractivity (Wildman–Crippen MR) is 105 cm³/mol. The summed E-state index contributed by atoms with van der Waals surface area (Å²) in [6.45, 7) is 2.57. The summed E-state index contributed by atoms with van der Waals surface area (Å²) in [4.78, 5) is 10.9. The highest BCUT2D eigenvalue weighted by Crippen LogP contribution is 2.09. The Balaban J connectivity index is 1.54. The van der Waals surface area contributed by atoms with E-state index in [1.165, 1.54) is 0 Å². The molecule has 1 atom stereocenters. The summed E-state index contributed by atoms with van der Waals surface area (Å²) in [6.07, 6.45) is 2.99. The van der Waals surface area contributed by atoms with E-state index in [1.54, 1.807) is 12.4 Å². The standard InChI is InChI=1S/C22H25N3O2/c26-22(18-27-17-19-8-2-1-3-9-19)16-25(14-20-10-4-6-12-23-20)15-21-11-5-7-13-24-21/h1-13,22,26H,14-18H2. The van der Waals surface area contributed by atoms with E-state index in [4.69, 9.17) is 4.74 Å². The molecule has 1 unspecified atom stereocenters. The van der Waals surface area contributed by atoms with Gasteiger partial charge >= 0.3 is 0 Å². The molecule has 27 heavy (non-hydrogen) atoms. The molecule has 2 aromatic heterocycles. The van der Waals surface area contributed by atoms with E-state index in [1.807, 2.05) is 66.7 Å². The topological polar surface area (TPSA) is 58.5 Å². The second kappa shape index (κ2) is 10.5. The number of benzene rings is 1. The first-order valence-corrected chi connectivity index (χ1v) is 9.11. The Labute approximate surface area is 160 Å². The van der Waals surface area contributed by atoms with Crippen LogP contribution < -0.4 is 0 Å². The molecule has 0 saturated carbocycles. The highest BCUT2D eigenvalue weighted by atomic mass is 16.5. The predicted octanol–water partition coefficient (Wildman–Crippen LogP) is 3.06. The highest BCUT2D eigenvalue weighted by Gasteiger charge is 2.14. The second-order valence-corrected chi connectivity index (χ2v) is 6.47. The Hall–Kier alpha value is -2.60. The largest absolute Gasteiger partial charge is 0.389 e. The highest BCUT2D eigenvalue weighted by molar-refractivity contribution is 5.13. The van der Waals surface area contributed by atoms with Crippen LogP contribution in [-0.2, 0) is 24.4 Å². The molecule has 2 heterocycles. The fourth-order valence-electron chi connectivity index (χ4n) is 2.86. The number of hydrogen-bond donors (Lipinski definition) is 1. The van der Waals surface area contributed by atoms with E-state index in [0.29, 0.717) is 26.2 Å². The normalized spacial score (nSPS) is 12.2. The van der Waals surface area contributed by atoms with Crippen LogP contribution in [0.3, 0.4) is 0 Å². The Bertz CT molecular complexity index is 728. The second-order valence-electron chi connectivity index (χ2n) is 6.47. The first-order valence-electron chi connectivity index (χ1n) is 9.11. The third kappa shape index (κ3) is 6.90. The van der Waals surface area contributed by atoms with Crippen molar-refractivity contribution in [3.8, 4) is 0 Å². The van der Waals surface area contributed by atoms with Gasteiger partial charge in [-0.15, -0.1) is 0 Å². The van der Waals surface area contributed by atoms with Gasteiger partial charge in [0, 0.05) is 32.0 Å². The number of pyridine rings is 2. The smallest absolute Gasteiger partial charge is 0.0900 e. The fraction of sp³-hybridized carbons (Fsp3) is 0.273. The molecule has 0 aliphatic heterocycles. The lowest BCUT2D eigenvalue weighted by molar-refractivity contribution is 0.00674. The van der Waals surface area contributed by atoms with Gasteiger partial charge in [0.15, 0.2) is 0 Å².